The van der Waals surface area contributed by atoms with E-state index in [4.69, 9.17) is 5.73 Å². The first kappa shape index (κ1) is 16.0. The van der Waals surface area contributed by atoms with Crippen LogP contribution in [0.1, 0.15) is 32.3 Å². The van der Waals surface area contributed by atoms with Crippen molar-refractivity contribution in [1.29, 1.82) is 0 Å². The molecule has 0 aromatic carbocycles. The second kappa shape index (κ2) is 6.71. The Morgan fingerprint density at radius 2 is 2.22 bits per heavy atom. The topological polar surface area (TPSA) is 62.5 Å². The van der Waals surface area contributed by atoms with Gasteiger partial charge in [-0.2, -0.15) is 0 Å². The molecule has 1 aromatic rings. The predicted octanol–water partition coefficient (Wildman–Crippen LogP) is 2.05. The van der Waals surface area contributed by atoms with E-state index >= 15 is 0 Å². The maximum Gasteiger partial charge on any atom is 0.227 e. The van der Waals surface area contributed by atoms with Crippen molar-refractivity contribution in [3.05, 3.63) is 35.5 Å². The lowest BCUT2D eigenvalue weighted by atomic mass is 9.94. The van der Waals surface area contributed by atoms with Crippen molar-refractivity contribution < 1.29 is 4.79 Å². The summed E-state index contributed by atoms with van der Waals surface area (Å²) in [5, 5.41) is 0. The molecule has 124 valence electrons. The minimum absolute atomic E-state index is 0.122. The molecule has 1 amide bonds. The summed E-state index contributed by atoms with van der Waals surface area (Å²) in [7, 11) is 0. The van der Waals surface area contributed by atoms with Gasteiger partial charge in [0.25, 0.3) is 0 Å². The number of hydrogen-bond acceptors (Lipinski definition) is 4. The number of carbonyl (C=O) groups is 1. The van der Waals surface area contributed by atoms with E-state index in [2.05, 4.69) is 34.7 Å². The van der Waals surface area contributed by atoms with Gasteiger partial charge in [-0.3, -0.25) is 9.69 Å². The van der Waals surface area contributed by atoms with Gasteiger partial charge in [0.05, 0.1) is 5.92 Å². The van der Waals surface area contributed by atoms with Crippen molar-refractivity contribution in [1.82, 2.24) is 14.8 Å². The first-order chi connectivity index (χ1) is 11.0. The second-order valence-electron chi connectivity index (χ2n) is 6.94. The minimum atomic E-state index is 0.122. The summed E-state index contributed by atoms with van der Waals surface area (Å²) in [6, 6.07) is 4.26. The number of carbonyl (C=O) groups excluding carboxylic acids is 1. The van der Waals surface area contributed by atoms with Crippen LogP contribution in [0.2, 0.25) is 0 Å². The summed E-state index contributed by atoms with van der Waals surface area (Å²) < 4.78 is 0. The van der Waals surface area contributed by atoms with Crippen molar-refractivity contribution >= 4 is 11.7 Å². The van der Waals surface area contributed by atoms with E-state index in [0.29, 0.717) is 17.8 Å². The summed E-state index contributed by atoms with van der Waals surface area (Å²) in [4.78, 5) is 21.3. The number of hydrogen-bond donors (Lipinski definition) is 1. The zero-order valence-corrected chi connectivity index (χ0v) is 14.0. The fourth-order valence-corrected chi connectivity index (χ4v) is 3.61. The molecule has 2 bridgehead atoms. The summed E-state index contributed by atoms with van der Waals surface area (Å²) in [6.45, 7) is 7.43. The van der Waals surface area contributed by atoms with E-state index in [1.54, 1.807) is 6.20 Å². The maximum absolute atomic E-state index is 12.7. The van der Waals surface area contributed by atoms with Crippen molar-refractivity contribution in [2.45, 2.75) is 39.3 Å². The van der Waals surface area contributed by atoms with E-state index < -0.39 is 0 Å². The zero-order valence-electron chi connectivity index (χ0n) is 14.0. The van der Waals surface area contributed by atoms with E-state index in [1.807, 2.05) is 12.1 Å². The quantitative estimate of drug-likeness (QED) is 0.864. The molecule has 4 heterocycles. The van der Waals surface area contributed by atoms with Crippen molar-refractivity contribution in [2.24, 2.45) is 5.92 Å². The number of pyridine rings is 1. The third-order valence-electron chi connectivity index (χ3n) is 4.89. The number of fused-ring (bicyclic) bond motifs is 4. The minimum Gasteiger partial charge on any atom is -0.383 e. The smallest absolute Gasteiger partial charge is 0.227 e. The summed E-state index contributed by atoms with van der Waals surface area (Å²) >= 11 is 0. The molecular formula is C18H26N4O. The number of allylic oxidation sites excluding steroid dienone is 1. The number of nitrogens with two attached hydrogens (primary N) is 1. The van der Waals surface area contributed by atoms with Gasteiger partial charge in [-0.05, 0) is 32.8 Å². The molecule has 2 N–H and O–H groups in total. The molecule has 5 nitrogen and oxygen atoms in total. The number of rotatable bonds is 4. The SMILES string of the molecule is CC(C)=CCN1C(=O)[C@H]2CC[C@@H]1CN(Cc1cccnc1N)C2. The van der Waals surface area contributed by atoms with Gasteiger partial charge in [0.15, 0.2) is 0 Å². The molecule has 5 heteroatoms. The maximum atomic E-state index is 12.7. The molecule has 3 aliphatic heterocycles. The number of aromatic nitrogens is 1. The number of amides is 1. The lowest BCUT2D eigenvalue weighted by molar-refractivity contribution is -0.139. The van der Waals surface area contributed by atoms with Crippen molar-refractivity contribution in [3.63, 3.8) is 0 Å². The lowest BCUT2D eigenvalue weighted by Crippen LogP contribution is -2.47. The highest BCUT2D eigenvalue weighted by molar-refractivity contribution is 5.80. The van der Waals surface area contributed by atoms with Gasteiger partial charge in [0, 0.05) is 44.0 Å². The van der Waals surface area contributed by atoms with E-state index in [-0.39, 0.29) is 5.92 Å². The molecule has 3 fully saturated rings. The standard InChI is InChI=1S/C18H26N4O/c1-13(2)7-9-22-16-6-5-15(18(22)23)11-21(12-16)10-14-4-3-8-20-17(14)19/h3-4,7-8,15-16H,5-6,9-12H2,1-2H3,(H2,19,20)/t15-,16+/m0/s1. The molecule has 0 radical (unpaired) electrons. The van der Waals surface area contributed by atoms with Gasteiger partial charge >= 0.3 is 0 Å². The van der Waals surface area contributed by atoms with Crippen LogP contribution in [0.5, 0.6) is 0 Å². The third kappa shape index (κ3) is 3.55. The van der Waals surface area contributed by atoms with Crippen LogP contribution in [0.3, 0.4) is 0 Å². The van der Waals surface area contributed by atoms with Crippen LogP contribution in [-0.2, 0) is 11.3 Å². The van der Waals surface area contributed by atoms with Gasteiger partial charge < -0.3 is 10.6 Å². The van der Waals surface area contributed by atoms with Gasteiger partial charge in [-0.25, -0.2) is 4.98 Å². The molecule has 1 aromatic heterocycles. The molecule has 3 saturated heterocycles. The third-order valence-corrected chi connectivity index (χ3v) is 4.89. The van der Waals surface area contributed by atoms with Gasteiger partial charge in [-0.1, -0.05) is 17.7 Å². The summed E-state index contributed by atoms with van der Waals surface area (Å²) in [6.07, 6.45) is 5.98. The molecule has 0 spiro atoms. The molecular weight excluding hydrogens is 288 g/mol. The average Bonchev–Trinajstić information content (AvgIpc) is 2.78. The van der Waals surface area contributed by atoms with E-state index in [1.165, 1.54) is 5.57 Å². The fourth-order valence-electron chi connectivity index (χ4n) is 3.61. The van der Waals surface area contributed by atoms with Crippen molar-refractivity contribution in [2.75, 3.05) is 25.4 Å². The Balaban J connectivity index is 1.74. The van der Waals surface area contributed by atoms with Gasteiger partial charge in [-0.15, -0.1) is 0 Å². The Morgan fingerprint density at radius 1 is 1.39 bits per heavy atom. The van der Waals surface area contributed by atoms with Gasteiger partial charge in [0.2, 0.25) is 5.91 Å². The monoisotopic (exact) mass is 314 g/mol. The summed E-state index contributed by atoms with van der Waals surface area (Å²) in [5.41, 5.74) is 8.29. The molecule has 23 heavy (non-hydrogen) atoms. The largest absolute Gasteiger partial charge is 0.383 e. The number of piperidine rings is 1. The Morgan fingerprint density at radius 3 is 2.96 bits per heavy atom. The predicted molar refractivity (Wildman–Crippen MR) is 91.6 cm³/mol. The highest BCUT2D eigenvalue weighted by Gasteiger charge is 2.40. The molecule has 0 aliphatic carbocycles. The Labute approximate surface area is 138 Å². The highest BCUT2D eigenvalue weighted by atomic mass is 16.2. The van der Waals surface area contributed by atoms with Crippen LogP contribution in [0.4, 0.5) is 5.82 Å². The first-order valence-electron chi connectivity index (χ1n) is 8.40. The van der Waals surface area contributed by atoms with Crippen molar-refractivity contribution in [3.8, 4) is 0 Å². The van der Waals surface area contributed by atoms with E-state index in [0.717, 1.165) is 44.6 Å². The molecule has 2 atom stereocenters. The average molecular weight is 314 g/mol. The van der Waals surface area contributed by atoms with E-state index in [9.17, 15) is 4.79 Å². The number of nitrogens with zero attached hydrogens (tertiary/aromatic N) is 3. The molecule has 3 aliphatic rings. The molecule has 0 saturated carbocycles. The Bertz CT molecular complexity index is 609. The number of anilines is 1. The fraction of sp³-hybridized carbons (Fsp3) is 0.556. The zero-order chi connectivity index (χ0) is 16.4. The Hall–Kier alpha value is -1.88. The van der Waals surface area contributed by atoms with Crippen LogP contribution in [0, 0.1) is 5.92 Å². The van der Waals surface area contributed by atoms with Crippen LogP contribution < -0.4 is 5.73 Å². The van der Waals surface area contributed by atoms with Crippen LogP contribution >= 0.6 is 0 Å². The normalized spacial score (nSPS) is 24.6. The highest BCUT2D eigenvalue weighted by Crippen LogP contribution is 2.30. The second-order valence-corrected chi connectivity index (χ2v) is 6.94. The van der Waals surface area contributed by atoms with Crippen LogP contribution in [0.15, 0.2) is 30.0 Å². The first-order valence-corrected chi connectivity index (χ1v) is 8.40. The Kier molecular flexibility index (Phi) is 4.66. The van der Waals surface area contributed by atoms with Crippen LogP contribution in [0.25, 0.3) is 0 Å². The molecule has 0 unspecified atom stereocenters. The lowest BCUT2D eigenvalue weighted by Gasteiger charge is -2.35. The molecule has 4 rings (SSSR count). The van der Waals surface area contributed by atoms with Crippen LogP contribution in [-0.4, -0.2) is 46.4 Å². The number of nitrogen functional groups attached to an aromatic ring is 1. The van der Waals surface area contributed by atoms with Gasteiger partial charge in [0.1, 0.15) is 5.82 Å². The summed E-state index contributed by atoms with van der Waals surface area (Å²) in [5.74, 6) is 1.04.